The Hall–Kier alpha value is -3.86. The average molecular weight is 368 g/mol. The predicted octanol–water partition coefficient (Wildman–Crippen LogP) is 4.42. The number of carbonyl (C=O) groups is 1. The van der Waals surface area contributed by atoms with Crippen LogP contribution in [0.1, 0.15) is 22.8 Å². The number of amides is 1. The first-order valence-corrected chi connectivity index (χ1v) is 9.02. The number of rotatable bonds is 5. The fourth-order valence-electron chi connectivity index (χ4n) is 2.94. The fraction of sp³-hybridized carbons (Fsp3) is 0.0435. The van der Waals surface area contributed by atoms with E-state index in [9.17, 15) is 4.79 Å². The van der Waals surface area contributed by atoms with E-state index in [1.807, 2.05) is 102 Å². The van der Waals surface area contributed by atoms with Crippen LogP contribution >= 0.6 is 0 Å². The molecule has 0 aliphatic rings. The lowest BCUT2D eigenvalue weighted by molar-refractivity contribution is 0.0955. The van der Waals surface area contributed by atoms with Gasteiger partial charge < -0.3 is 9.13 Å². The lowest BCUT2D eigenvalue weighted by atomic mass is 10.1. The van der Waals surface area contributed by atoms with Crippen LogP contribution in [-0.2, 0) is 0 Å². The van der Waals surface area contributed by atoms with Gasteiger partial charge in [0.15, 0.2) is 0 Å². The van der Waals surface area contributed by atoms with Crippen molar-refractivity contribution in [3.8, 4) is 11.4 Å². The third-order valence-electron chi connectivity index (χ3n) is 4.54. The molecule has 1 amide bonds. The van der Waals surface area contributed by atoms with Crippen molar-refractivity contribution in [2.75, 3.05) is 0 Å². The molecule has 0 aliphatic carbocycles. The van der Waals surface area contributed by atoms with Crippen LogP contribution < -0.4 is 5.43 Å². The van der Waals surface area contributed by atoms with Crippen LogP contribution in [0.15, 0.2) is 103 Å². The predicted molar refractivity (Wildman–Crippen MR) is 111 cm³/mol. The van der Waals surface area contributed by atoms with Crippen LogP contribution in [-0.4, -0.2) is 20.8 Å². The van der Waals surface area contributed by atoms with Gasteiger partial charge in [-0.25, -0.2) is 5.43 Å². The van der Waals surface area contributed by atoms with Gasteiger partial charge in [0.2, 0.25) is 0 Å². The first kappa shape index (κ1) is 17.5. The Kier molecular flexibility index (Phi) is 4.89. The highest BCUT2D eigenvalue weighted by atomic mass is 16.2. The van der Waals surface area contributed by atoms with Gasteiger partial charge in [-0.15, -0.1) is 0 Å². The molecule has 4 rings (SSSR count). The molecule has 1 N–H and O–H groups in total. The SMILES string of the molecule is C/C(=N\NC(=O)c1ccc(-n2cccc2)cc1)c1ccc(-n2cccc2)cc1. The minimum Gasteiger partial charge on any atom is -0.324 e. The molecule has 5 heteroatoms. The number of nitrogens with one attached hydrogen (secondary N) is 1. The van der Waals surface area contributed by atoms with E-state index in [4.69, 9.17) is 0 Å². The average Bonchev–Trinajstić information content (AvgIpc) is 3.46. The highest BCUT2D eigenvalue weighted by Gasteiger charge is 2.06. The smallest absolute Gasteiger partial charge is 0.271 e. The second-order valence-electron chi connectivity index (χ2n) is 6.41. The minimum absolute atomic E-state index is 0.234. The standard InChI is InChI=1S/C23H20N4O/c1-18(19-6-10-21(11-7-19)26-14-2-3-15-26)24-25-23(28)20-8-12-22(13-9-20)27-16-4-5-17-27/h2-17H,1H3,(H,25,28)/b24-18+. The maximum Gasteiger partial charge on any atom is 0.271 e. The molecule has 0 unspecified atom stereocenters. The Morgan fingerprint density at radius 3 is 1.61 bits per heavy atom. The van der Waals surface area contributed by atoms with Crippen molar-refractivity contribution < 1.29 is 4.79 Å². The first-order chi connectivity index (χ1) is 13.7. The number of hydrazone groups is 1. The maximum atomic E-state index is 12.4. The van der Waals surface area contributed by atoms with Crippen LogP contribution in [0.4, 0.5) is 0 Å². The number of hydrogen-bond donors (Lipinski definition) is 1. The topological polar surface area (TPSA) is 51.3 Å². The third-order valence-corrected chi connectivity index (χ3v) is 4.54. The van der Waals surface area contributed by atoms with E-state index < -0.39 is 0 Å². The summed E-state index contributed by atoms with van der Waals surface area (Å²) in [5.41, 5.74) is 6.98. The van der Waals surface area contributed by atoms with Crippen molar-refractivity contribution in [1.29, 1.82) is 0 Å². The molecule has 4 aromatic rings. The highest BCUT2D eigenvalue weighted by molar-refractivity contribution is 6.01. The van der Waals surface area contributed by atoms with Crippen molar-refractivity contribution in [3.63, 3.8) is 0 Å². The largest absolute Gasteiger partial charge is 0.324 e. The molecule has 28 heavy (non-hydrogen) atoms. The monoisotopic (exact) mass is 368 g/mol. The number of aromatic nitrogens is 2. The van der Waals surface area contributed by atoms with Crippen molar-refractivity contribution in [3.05, 3.63) is 109 Å². The molecule has 5 nitrogen and oxygen atoms in total. The van der Waals surface area contributed by atoms with E-state index in [0.29, 0.717) is 5.56 Å². The summed E-state index contributed by atoms with van der Waals surface area (Å²) in [6.07, 6.45) is 7.92. The van der Waals surface area contributed by atoms with Crippen LogP contribution in [0.2, 0.25) is 0 Å². The van der Waals surface area contributed by atoms with Gasteiger partial charge in [0.1, 0.15) is 0 Å². The molecular formula is C23H20N4O. The van der Waals surface area contributed by atoms with Gasteiger partial charge in [-0.1, -0.05) is 12.1 Å². The van der Waals surface area contributed by atoms with E-state index in [0.717, 1.165) is 22.6 Å². The van der Waals surface area contributed by atoms with Gasteiger partial charge in [0.05, 0.1) is 5.71 Å². The van der Waals surface area contributed by atoms with Gasteiger partial charge in [-0.05, 0) is 73.2 Å². The molecule has 138 valence electrons. The fourth-order valence-corrected chi connectivity index (χ4v) is 2.94. The molecule has 0 aliphatic heterocycles. The minimum atomic E-state index is -0.234. The van der Waals surface area contributed by atoms with E-state index in [1.165, 1.54) is 0 Å². The second kappa shape index (κ2) is 7.80. The number of hydrogen-bond acceptors (Lipinski definition) is 2. The number of carbonyl (C=O) groups excluding carboxylic acids is 1. The zero-order valence-corrected chi connectivity index (χ0v) is 15.5. The van der Waals surface area contributed by atoms with Gasteiger partial charge in [0.25, 0.3) is 5.91 Å². The molecule has 0 saturated heterocycles. The number of benzene rings is 2. The van der Waals surface area contributed by atoms with Crippen molar-refractivity contribution >= 4 is 11.6 Å². The number of nitrogens with zero attached hydrogens (tertiary/aromatic N) is 3. The molecule has 0 fully saturated rings. The molecular weight excluding hydrogens is 348 g/mol. The summed E-state index contributed by atoms with van der Waals surface area (Å²) in [5, 5.41) is 4.24. The van der Waals surface area contributed by atoms with E-state index in [-0.39, 0.29) is 5.91 Å². The third kappa shape index (κ3) is 3.78. The van der Waals surface area contributed by atoms with Gasteiger partial charge in [0, 0.05) is 41.7 Å². The Morgan fingerprint density at radius 2 is 1.14 bits per heavy atom. The zero-order chi connectivity index (χ0) is 19.3. The van der Waals surface area contributed by atoms with Crippen molar-refractivity contribution in [2.45, 2.75) is 6.92 Å². The summed E-state index contributed by atoms with van der Waals surface area (Å²) in [5.74, 6) is -0.234. The van der Waals surface area contributed by atoms with Crippen molar-refractivity contribution in [2.24, 2.45) is 5.10 Å². The molecule has 0 radical (unpaired) electrons. The zero-order valence-electron chi connectivity index (χ0n) is 15.5. The summed E-state index contributed by atoms with van der Waals surface area (Å²) in [7, 11) is 0. The Bertz CT molecular complexity index is 1070. The highest BCUT2D eigenvalue weighted by Crippen LogP contribution is 2.12. The van der Waals surface area contributed by atoms with E-state index in [1.54, 1.807) is 12.1 Å². The lowest BCUT2D eigenvalue weighted by Crippen LogP contribution is -2.19. The summed E-state index contributed by atoms with van der Waals surface area (Å²) in [6.45, 7) is 1.88. The molecule has 2 aromatic heterocycles. The molecule has 2 heterocycles. The van der Waals surface area contributed by atoms with E-state index in [2.05, 4.69) is 10.5 Å². The molecule has 2 aromatic carbocycles. The maximum absolute atomic E-state index is 12.4. The van der Waals surface area contributed by atoms with Crippen LogP contribution in [0.5, 0.6) is 0 Å². The first-order valence-electron chi connectivity index (χ1n) is 9.02. The van der Waals surface area contributed by atoms with Gasteiger partial charge in [-0.2, -0.15) is 5.10 Å². The second-order valence-corrected chi connectivity index (χ2v) is 6.41. The van der Waals surface area contributed by atoms with Crippen molar-refractivity contribution in [1.82, 2.24) is 14.6 Å². The normalized spacial score (nSPS) is 11.4. The Labute approximate surface area is 163 Å². The van der Waals surface area contributed by atoms with Crippen LogP contribution in [0.25, 0.3) is 11.4 Å². The van der Waals surface area contributed by atoms with Gasteiger partial charge >= 0.3 is 0 Å². The van der Waals surface area contributed by atoms with Crippen LogP contribution in [0.3, 0.4) is 0 Å². The quantitative estimate of drug-likeness (QED) is 0.411. The molecule has 0 atom stereocenters. The molecule has 0 saturated carbocycles. The molecule has 0 bridgehead atoms. The lowest BCUT2D eigenvalue weighted by Gasteiger charge is -2.07. The summed E-state index contributed by atoms with van der Waals surface area (Å²) in [6, 6.07) is 23.3. The van der Waals surface area contributed by atoms with E-state index >= 15 is 0 Å². The van der Waals surface area contributed by atoms with Crippen LogP contribution in [0, 0.1) is 0 Å². The molecule has 0 spiro atoms. The van der Waals surface area contributed by atoms with Gasteiger partial charge in [-0.3, -0.25) is 4.79 Å². The summed E-state index contributed by atoms with van der Waals surface area (Å²) < 4.78 is 4.02. The summed E-state index contributed by atoms with van der Waals surface area (Å²) in [4.78, 5) is 12.4. The Morgan fingerprint density at radius 1 is 0.714 bits per heavy atom. The summed E-state index contributed by atoms with van der Waals surface area (Å²) >= 11 is 0. The Balaban J connectivity index is 1.42.